The van der Waals surface area contributed by atoms with Gasteiger partial charge in [0.15, 0.2) is 9.84 Å². The number of hydrogen-bond donors (Lipinski definition) is 1. The number of likely N-dealkylation sites (N-methyl/N-ethyl adjacent to an activating group) is 1. The van der Waals surface area contributed by atoms with E-state index < -0.39 is 9.84 Å². The van der Waals surface area contributed by atoms with Crippen LogP contribution in [0.1, 0.15) is 12.5 Å². The van der Waals surface area contributed by atoms with Crippen LogP contribution in [0, 0.1) is 0 Å². The zero-order chi connectivity index (χ0) is 14.6. The van der Waals surface area contributed by atoms with E-state index in [0.29, 0.717) is 11.4 Å². The molecule has 0 aliphatic rings. The molecule has 0 radical (unpaired) electrons. The number of carbonyl (C=O) groups is 1. The lowest BCUT2D eigenvalue weighted by Gasteiger charge is -2.18. The molecule has 5 nitrogen and oxygen atoms in total. The van der Waals surface area contributed by atoms with Gasteiger partial charge in [-0.05, 0) is 24.6 Å². The van der Waals surface area contributed by atoms with E-state index in [2.05, 4.69) is 5.32 Å². The van der Waals surface area contributed by atoms with Crippen molar-refractivity contribution in [3.8, 4) is 0 Å². The molecule has 1 aromatic carbocycles. The van der Waals surface area contributed by atoms with Gasteiger partial charge >= 0.3 is 0 Å². The third-order valence-corrected chi connectivity index (χ3v) is 3.90. The van der Waals surface area contributed by atoms with Gasteiger partial charge in [0, 0.05) is 26.9 Å². The quantitative estimate of drug-likeness (QED) is 0.862. The van der Waals surface area contributed by atoms with E-state index in [1.807, 2.05) is 0 Å². The van der Waals surface area contributed by atoms with Crippen molar-refractivity contribution in [2.24, 2.45) is 0 Å². The SMILES string of the molecule is CC(NCc1ccc(S(C)(=O)=O)cc1)C(=O)N(C)C. The third kappa shape index (κ3) is 4.65. The Morgan fingerprint density at radius 1 is 1.26 bits per heavy atom. The Balaban J connectivity index is 2.62. The molecule has 1 rings (SSSR count). The minimum atomic E-state index is -3.16. The molecular formula is C13H20N2O3S. The Labute approximate surface area is 114 Å². The van der Waals surface area contributed by atoms with Crippen LogP contribution in [-0.4, -0.2) is 45.6 Å². The Morgan fingerprint density at radius 3 is 2.21 bits per heavy atom. The molecule has 19 heavy (non-hydrogen) atoms. The van der Waals surface area contributed by atoms with E-state index in [0.717, 1.165) is 5.56 Å². The molecule has 1 amide bonds. The van der Waals surface area contributed by atoms with Crippen molar-refractivity contribution in [3.63, 3.8) is 0 Å². The molecule has 1 aromatic rings. The maximum atomic E-state index is 11.6. The molecule has 1 atom stereocenters. The van der Waals surface area contributed by atoms with Gasteiger partial charge in [-0.25, -0.2) is 8.42 Å². The highest BCUT2D eigenvalue weighted by Crippen LogP contribution is 2.10. The zero-order valence-electron chi connectivity index (χ0n) is 11.7. The summed E-state index contributed by atoms with van der Waals surface area (Å²) in [6, 6.07) is 6.37. The summed E-state index contributed by atoms with van der Waals surface area (Å²) in [5, 5.41) is 3.10. The van der Waals surface area contributed by atoms with Crippen molar-refractivity contribution in [2.45, 2.75) is 24.4 Å². The topological polar surface area (TPSA) is 66.5 Å². The van der Waals surface area contributed by atoms with Crippen LogP contribution in [0.3, 0.4) is 0 Å². The molecule has 0 heterocycles. The highest BCUT2D eigenvalue weighted by atomic mass is 32.2. The van der Waals surface area contributed by atoms with Gasteiger partial charge in [0.25, 0.3) is 0 Å². The number of sulfone groups is 1. The molecule has 0 aliphatic carbocycles. The smallest absolute Gasteiger partial charge is 0.238 e. The first-order valence-electron chi connectivity index (χ1n) is 5.95. The fourth-order valence-electron chi connectivity index (χ4n) is 1.60. The van der Waals surface area contributed by atoms with Crippen LogP contribution < -0.4 is 5.32 Å². The molecule has 1 unspecified atom stereocenters. The van der Waals surface area contributed by atoms with Crippen LogP contribution in [0.2, 0.25) is 0 Å². The Kier molecular flexibility index (Phi) is 5.08. The third-order valence-electron chi connectivity index (χ3n) is 2.78. The van der Waals surface area contributed by atoms with E-state index in [4.69, 9.17) is 0 Å². The molecule has 0 saturated carbocycles. The minimum absolute atomic E-state index is 0.00718. The van der Waals surface area contributed by atoms with Crippen LogP contribution in [0.4, 0.5) is 0 Å². The van der Waals surface area contributed by atoms with E-state index in [1.54, 1.807) is 45.3 Å². The Morgan fingerprint density at radius 2 is 1.79 bits per heavy atom. The summed E-state index contributed by atoms with van der Waals surface area (Å²) in [7, 11) is 0.263. The molecule has 6 heteroatoms. The molecule has 0 aromatic heterocycles. The second-order valence-electron chi connectivity index (χ2n) is 4.75. The Bertz CT molecular complexity index is 536. The molecule has 1 N–H and O–H groups in total. The molecule has 0 fully saturated rings. The second kappa shape index (κ2) is 6.16. The number of carbonyl (C=O) groups excluding carboxylic acids is 1. The van der Waals surface area contributed by atoms with Crippen molar-refractivity contribution in [3.05, 3.63) is 29.8 Å². The largest absolute Gasteiger partial charge is 0.347 e. The van der Waals surface area contributed by atoms with Crippen molar-refractivity contribution in [2.75, 3.05) is 20.4 Å². The summed E-state index contributed by atoms with van der Waals surface area (Å²) in [6.07, 6.45) is 1.18. The van der Waals surface area contributed by atoms with E-state index in [-0.39, 0.29) is 11.9 Å². The lowest BCUT2D eigenvalue weighted by molar-refractivity contribution is -0.130. The number of nitrogens with zero attached hydrogens (tertiary/aromatic N) is 1. The first kappa shape index (κ1) is 15.7. The summed E-state index contributed by atoms with van der Waals surface area (Å²) in [6.45, 7) is 2.32. The van der Waals surface area contributed by atoms with Gasteiger partial charge in [-0.1, -0.05) is 12.1 Å². The molecule has 0 aliphatic heterocycles. The van der Waals surface area contributed by atoms with Gasteiger partial charge in [-0.3, -0.25) is 4.79 Å². The average molecular weight is 284 g/mol. The first-order chi connectivity index (χ1) is 8.71. The van der Waals surface area contributed by atoms with Gasteiger partial charge in [0.2, 0.25) is 5.91 Å². The summed E-state index contributed by atoms with van der Waals surface area (Å²) >= 11 is 0. The monoisotopic (exact) mass is 284 g/mol. The summed E-state index contributed by atoms with van der Waals surface area (Å²) in [5.41, 5.74) is 0.936. The van der Waals surface area contributed by atoms with E-state index in [1.165, 1.54) is 11.2 Å². The van der Waals surface area contributed by atoms with Crippen LogP contribution >= 0.6 is 0 Å². The predicted octanol–water partition coefficient (Wildman–Crippen LogP) is 0.656. The van der Waals surface area contributed by atoms with Gasteiger partial charge in [-0.2, -0.15) is 0 Å². The molecule has 106 valence electrons. The number of benzene rings is 1. The zero-order valence-corrected chi connectivity index (χ0v) is 12.5. The lowest BCUT2D eigenvalue weighted by atomic mass is 10.2. The molecule has 0 bridgehead atoms. The predicted molar refractivity (Wildman–Crippen MR) is 74.5 cm³/mol. The van der Waals surface area contributed by atoms with Crippen LogP contribution in [0.15, 0.2) is 29.2 Å². The van der Waals surface area contributed by atoms with Crippen molar-refractivity contribution < 1.29 is 13.2 Å². The van der Waals surface area contributed by atoms with Gasteiger partial charge in [0.1, 0.15) is 0 Å². The van der Waals surface area contributed by atoms with Gasteiger partial charge in [-0.15, -0.1) is 0 Å². The van der Waals surface area contributed by atoms with Gasteiger partial charge in [0.05, 0.1) is 10.9 Å². The van der Waals surface area contributed by atoms with Crippen LogP contribution in [0.5, 0.6) is 0 Å². The highest BCUT2D eigenvalue weighted by Gasteiger charge is 2.13. The van der Waals surface area contributed by atoms with Crippen molar-refractivity contribution in [1.29, 1.82) is 0 Å². The maximum absolute atomic E-state index is 11.6. The summed E-state index contributed by atoms with van der Waals surface area (Å²) < 4.78 is 22.6. The maximum Gasteiger partial charge on any atom is 0.238 e. The molecule has 0 spiro atoms. The van der Waals surface area contributed by atoms with Crippen LogP contribution in [0.25, 0.3) is 0 Å². The van der Waals surface area contributed by atoms with Crippen molar-refractivity contribution >= 4 is 15.7 Å². The first-order valence-corrected chi connectivity index (χ1v) is 7.84. The van der Waals surface area contributed by atoms with E-state index in [9.17, 15) is 13.2 Å². The lowest BCUT2D eigenvalue weighted by Crippen LogP contribution is -2.41. The molecular weight excluding hydrogens is 264 g/mol. The highest BCUT2D eigenvalue weighted by molar-refractivity contribution is 7.90. The van der Waals surface area contributed by atoms with Crippen molar-refractivity contribution in [1.82, 2.24) is 10.2 Å². The Hall–Kier alpha value is -1.40. The van der Waals surface area contributed by atoms with E-state index >= 15 is 0 Å². The fourth-order valence-corrected chi connectivity index (χ4v) is 2.23. The standard InChI is InChI=1S/C13H20N2O3S/c1-10(13(16)15(2)3)14-9-11-5-7-12(8-6-11)19(4,17)18/h5-8,10,14H,9H2,1-4H3. The van der Waals surface area contributed by atoms with Gasteiger partial charge < -0.3 is 10.2 Å². The number of amides is 1. The second-order valence-corrected chi connectivity index (χ2v) is 6.77. The minimum Gasteiger partial charge on any atom is -0.347 e. The number of rotatable bonds is 5. The number of hydrogen-bond acceptors (Lipinski definition) is 4. The fraction of sp³-hybridized carbons (Fsp3) is 0.462. The van der Waals surface area contributed by atoms with Crippen LogP contribution in [-0.2, 0) is 21.2 Å². The summed E-state index contributed by atoms with van der Waals surface area (Å²) in [5.74, 6) is 0.00718. The summed E-state index contributed by atoms with van der Waals surface area (Å²) in [4.78, 5) is 13.5. The normalized spacial score (nSPS) is 13.1. The molecule has 0 saturated heterocycles. The number of nitrogens with one attached hydrogen (secondary N) is 1. The average Bonchev–Trinajstić information content (AvgIpc) is 2.34.